The van der Waals surface area contributed by atoms with Crippen LogP contribution in [0.5, 0.6) is 11.5 Å². The van der Waals surface area contributed by atoms with Crippen LogP contribution in [0.25, 0.3) is 0 Å². The lowest BCUT2D eigenvalue weighted by Gasteiger charge is -2.37. The highest BCUT2D eigenvalue weighted by Crippen LogP contribution is 2.39. The quantitative estimate of drug-likeness (QED) is 0.836. The van der Waals surface area contributed by atoms with Crippen LogP contribution in [0.4, 0.5) is 0 Å². The van der Waals surface area contributed by atoms with Gasteiger partial charge in [0.2, 0.25) is 0 Å². The van der Waals surface area contributed by atoms with Gasteiger partial charge in [0, 0.05) is 37.8 Å². The number of piperazine rings is 1. The van der Waals surface area contributed by atoms with Crippen molar-refractivity contribution in [3.63, 3.8) is 0 Å². The molecule has 1 atom stereocenters. The zero-order valence-electron chi connectivity index (χ0n) is 14.5. The number of nitrogens with zero attached hydrogens (tertiary/aromatic N) is 1. The number of halogens is 2. The lowest BCUT2D eigenvalue weighted by molar-refractivity contribution is 0.151. The van der Waals surface area contributed by atoms with Crippen LogP contribution in [0.3, 0.4) is 0 Å². The molecule has 1 aliphatic heterocycles. The minimum atomic E-state index is 0. The number of benzene rings is 1. The lowest BCUT2D eigenvalue weighted by Crippen LogP contribution is -2.45. The summed E-state index contributed by atoms with van der Waals surface area (Å²) in [4.78, 5) is 2.56. The molecule has 2 rings (SSSR count). The molecule has 134 valence electrons. The monoisotopic (exact) mass is 364 g/mol. The van der Waals surface area contributed by atoms with Crippen molar-refractivity contribution in [1.82, 2.24) is 10.2 Å². The minimum Gasteiger partial charge on any atom is -0.493 e. The Balaban J connectivity index is 0.00000242. The third kappa shape index (κ3) is 5.71. The molecule has 0 aliphatic carbocycles. The Morgan fingerprint density at radius 2 is 1.74 bits per heavy atom. The molecule has 0 saturated carbocycles. The Bertz CT molecular complexity index is 452. The molecule has 1 aliphatic rings. The SMILES string of the molecule is COc1cccc([C@@H](CC(C)C)N2CCNCC2)c1OC.Cl.Cl. The first-order valence-corrected chi connectivity index (χ1v) is 7.83. The zero-order valence-corrected chi connectivity index (χ0v) is 16.1. The smallest absolute Gasteiger partial charge is 0.165 e. The van der Waals surface area contributed by atoms with Crippen LogP contribution in [0.2, 0.25) is 0 Å². The maximum absolute atomic E-state index is 5.65. The molecular formula is C17H30Cl2N2O2. The van der Waals surface area contributed by atoms with E-state index in [1.54, 1.807) is 14.2 Å². The van der Waals surface area contributed by atoms with E-state index in [0.717, 1.165) is 44.1 Å². The summed E-state index contributed by atoms with van der Waals surface area (Å²) in [5.74, 6) is 2.34. The van der Waals surface area contributed by atoms with Crippen LogP contribution in [-0.4, -0.2) is 45.3 Å². The minimum absolute atomic E-state index is 0. The Morgan fingerprint density at radius 1 is 1.09 bits per heavy atom. The summed E-state index contributed by atoms with van der Waals surface area (Å²) in [6.45, 7) is 8.83. The summed E-state index contributed by atoms with van der Waals surface area (Å²) in [7, 11) is 3.43. The standard InChI is InChI=1S/C17H28N2O2.2ClH/c1-13(2)12-15(19-10-8-18-9-11-19)14-6-5-7-16(20-3)17(14)21-4;;/h5-7,13,15,18H,8-12H2,1-4H3;2*1H/t15-;;/m1../s1. The molecule has 1 fully saturated rings. The second-order valence-corrected chi connectivity index (χ2v) is 6.01. The first kappa shape index (κ1) is 22.3. The summed E-state index contributed by atoms with van der Waals surface area (Å²) in [5, 5.41) is 3.43. The summed E-state index contributed by atoms with van der Waals surface area (Å²) in [6.07, 6.45) is 1.13. The predicted molar refractivity (Wildman–Crippen MR) is 101 cm³/mol. The van der Waals surface area contributed by atoms with Gasteiger partial charge in [-0.05, 0) is 18.4 Å². The summed E-state index contributed by atoms with van der Waals surface area (Å²) < 4.78 is 11.1. The van der Waals surface area contributed by atoms with E-state index in [4.69, 9.17) is 9.47 Å². The van der Waals surface area contributed by atoms with Gasteiger partial charge in [0.1, 0.15) is 0 Å². The maximum Gasteiger partial charge on any atom is 0.165 e. The molecule has 1 aromatic rings. The Kier molecular flexibility index (Phi) is 10.7. The molecule has 0 bridgehead atoms. The largest absolute Gasteiger partial charge is 0.493 e. The van der Waals surface area contributed by atoms with E-state index in [1.807, 2.05) is 6.07 Å². The van der Waals surface area contributed by atoms with Crippen LogP contribution in [0.15, 0.2) is 18.2 Å². The number of ether oxygens (including phenoxy) is 2. The van der Waals surface area contributed by atoms with Crippen molar-refractivity contribution >= 4 is 24.8 Å². The average Bonchev–Trinajstić information content (AvgIpc) is 2.52. The fourth-order valence-electron chi connectivity index (χ4n) is 3.09. The van der Waals surface area contributed by atoms with Gasteiger partial charge in [0.05, 0.1) is 14.2 Å². The molecule has 4 nitrogen and oxygen atoms in total. The Labute approximate surface area is 152 Å². The first-order valence-electron chi connectivity index (χ1n) is 7.83. The molecule has 6 heteroatoms. The molecule has 0 amide bonds. The molecule has 0 spiro atoms. The summed E-state index contributed by atoms with van der Waals surface area (Å²) in [5.41, 5.74) is 1.24. The van der Waals surface area contributed by atoms with Gasteiger partial charge in [-0.25, -0.2) is 0 Å². The Hall–Kier alpha value is -0.680. The van der Waals surface area contributed by atoms with Gasteiger partial charge < -0.3 is 14.8 Å². The summed E-state index contributed by atoms with van der Waals surface area (Å²) in [6, 6.07) is 6.59. The molecular weight excluding hydrogens is 335 g/mol. The van der Waals surface area contributed by atoms with E-state index < -0.39 is 0 Å². The number of hydrogen-bond donors (Lipinski definition) is 1. The number of hydrogen-bond acceptors (Lipinski definition) is 4. The Morgan fingerprint density at radius 3 is 2.26 bits per heavy atom. The second-order valence-electron chi connectivity index (χ2n) is 6.01. The number of methoxy groups -OCH3 is 2. The fraction of sp³-hybridized carbons (Fsp3) is 0.647. The highest BCUT2D eigenvalue weighted by molar-refractivity contribution is 5.85. The van der Waals surface area contributed by atoms with Crippen molar-refractivity contribution in [2.75, 3.05) is 40.4 Å². The van der Waals surface area contributed by atoms with Crippen LogP contribution < -0.4 is 14.8 Å². The second kappa shape index (κ2) is 11.0. The van der Waals surface area contributed by atoms with Gasteiger partial charge in [-0.2, -0.15) is 0 Å². The van der Waals surface area contributed by atoms with E-state index in [2.05, 4.69) is 36.2 Å². The van der Waals surface area contributed by atoms with Crippen molar-refractivity contribution in [2.24, 2.45) is 5.92 Å². The van der Waals surface area contributed by atoms with Crippen molar-refractivity contribution < 1.29 is 9.47 Å². The van der Waals surface area contributed by atoms with E-state index in [-0.39, 0.29) is 24.8 Å². The topological polar surface area (TPSA) is 33.7 Å². The third-order valence-corrected chi connectivity index (χ3v) is 4.08. The lowest BCUT2D eigenvalue weighted by atomic mass is 9.94. The molecule has 0 aromatic heterocycles. The van der Waals surface area contributed by atoms with Crippen molar-refractivity contribution in [3.05, 3.63) is 23.8 Å². The number of rotatable bonds is 6. The van der Waals surface area contributed by atoms with Crippen molar-refractivity contribution in [3.8, 4) is 11.5 Å². The van der Waals surface area contributed by atoms with Crippen molar-refractivity contribution in [1.29, 1.82) is 0 Å². The molecule has 1 saturated heterocycles. The zero-order chi connectivity index (χ0) is 15.2. The van der Waals surface area contributed by atoms with Gasteiger partial charge in [-0.15, -0.1) is 24.8 Å². The number of nitrogens with one attached hydrogen (secondary N) is 1. The van der Waals surface area contributed by atoms with Crippen molar-refractivity contribution in [2.45, 2.75) is 26.3 Å². The molecule has 0 radical (unpaired) electrons. The third-order valence-electron chi connectivity index (χ3n) is 4.08. The van der Waals surface area contributed by atoms with E-state index in [0.29, 0.717) is 12.0 Å². The summed E-state index contributed by atoms with van der Waals surface area (Å²) >= 11 is 0. The van der Waals surface area contributed by atoms with Gasteiger partial charge >= 0.3 is 0 Å². The van der Waals surface area contributed by atoms with Gasteiger partial charge in [0.15, 0.2) is 11.5 Å². The van der Waals surface area contributed by atoms with Gasteiger partial charge in [-0.1, -0.05) is 26.0 Å². The maximum atomic E-state index is 5.65. The molecule has 23 heavy (non-hydrogen) atoms. The number of para-hydroxylation sites is 1. The molecule has 1 aromatic carbocycles. The van der Waals surface area contributed by atoms with Gasteiger partial charge in [-0.3, -0.25) is 4.90 Å². The van der Waals surface area contributed by atoms with Crippen LogP contribution >= 0.6 is 24.8 Å². The highest BCUT2D eigenvalue weighted by Gasteiger charge is 2.26. The van der Waals surface area contributed by atoms with E-state index in [9.17, 15) is 0 Å². The average molecular weight is 365 g/mol. The molecule has 0 unspecified atom stereocenters. The van der Waals surface area contributed by atoms with Crippen LogP contribution in [0.1, 0.15) is 31.9 Å². The van der Waals surface area contributed by atoms with Crippen LogP contribution in [-0.2, 0) is 0 Å². The first-order chi connectivity index (χ1) is 10.2. The molecule has 1 N–H and O–H groups in total. The predicted octanol–water partition coefficient (Wildman–Crippen LogP) is 3.54. The van der Waals surface area contributed by atoms with E-state index in [1.165, 1.54) is 5.56 Å². The fourth-order valence-corrected chi connectivity index (χ4v) is 3.09. The molecule has 1 heterocycles. The highest BCUT2D eigenvalue weighted by atomic mass is 35.5. The van der Waals surface area contributed by atoms with Crippen LogP contribution in [0, 0.1) is 5.92 Å². The van der Waals surface area contributed by atoms with E-state index >= 15 is 0 Å². The normalized spacial score (nSPS) is 16.2. The van der Waals surface area contributed by atoms with Gasteiger partial charge in [0.25, 0.3) is 0 Å².